The van der Waals surface area contributed by atoms with Gasteiger partial charge in [0.15, 0.2) is 0 Å². The van der Waals surface area contributed by atoms with Crippen molar-refractivity contribution in [3.05, 3.63) is 74.4 Å². The zero-order chi connectivity index (χ0) is 20.0. The van der Waals surface area contributed by atoms with Crippen LogP contribution in [0.2, 0.25) is 10.0 Å². The fourth-order valence-corrected chi connectivity index (χ4v) is 4.63. The van der Waals surface area contributed by atoms with Gasteiger partial charge in [0.25, 0.3) is 0 Å². The molecule has 0 saturated carbocycles. The Kier molecular flexibility index (Phi) is 5.00. The van der Waals surface area contributed by atoms with Gasteiger partial charge in [-0.3, -0.25) is 0 Å². The molecule has 2 N–H and O–H groups in total. The van der Waals surface area contributed by atoms with Gasteiger partial charge < -0.3 is 0 Å². The van der Waals surface area contributed by atoms with Crippen molar-refractivity contribution in [2.24, 2.45) is 0 Å². The first kappa shape index (κ1) is 19.1. The van der Waals surface area contributed by atoms with E-state index >= 15 is 0 Å². The van der Waals surface area contributed by atoms with Crippen LogP contribution in [0.3, 0.4) is 0 Å². The van der Waals surface area contributed by atoms with Gasteiger partial charge in [-0.2, -0.15) is 0 Å². The Balaban J connectivity index is 2.20. The van der Waals surface area contributed by atoms with E-state index in [0.717, 1.165) is 0 Å². The molecule has 0 aromatic heterocycles. The number of hydrogen-bond acceptors (Lipinski definition) is 4. The van der Waals surface area contributed by atoms with Crippen LogP contribution < -0.4 is 5.43 Å². The Morgan fingerprint density at radius 1 is 1.00 bits per heavy atom. The summed E-state index contributed by atoms with van der Waals surface area (Å²) in [6.45, 7) is 0. The molecule has 0 spiro atoms. The number of halogens is 2. The van der Waals surface area contributed by atoms with E-state index in [0.29, 0.717) is 33.2 Å². The minimum absolute atomic E-state index is 0.0182. The second kappa shape index (κ2) is 7.32. The summed E-state index contributed by atoms with van der Waals surface area (Å²) in [5, 5.41) is 10.7. The first-order valence-electron chi connectivity index (χ1n) is 8.09. The Morgan fingerprint density at radius 2 is 1.75 bits per heavy atom. The number of hydrogen-bond donors (Lipinski definition) is 2. The number of fused-ring (bicyclic) bond motifs is 2. The summed E-state index contributed by atoms with van der Waals surface area (Å²) in [7, 11) is 0. The van der Waals surface area contributed by atoms with Crippen LogP contribution in [0.4, 0.5) is 0 Å². The molecule has 28 heavy (non-hydrogen) atoms. The summed E-state index contributed by atoms with van der Waals surface area (Å²) in [5.74, 6) is 0.126. The van der Waals surface area contributed by atoms with Crippen LogP contribution in [0.5, 0.6) is 5.75 Å². The summed E-state index contributed by atoms with van der Waals surface area (Å²) >= 11 is 9.21. The van der Waals surface area contributed by atoms with E-state index in [1.54, 1.807) is 18.2 Å². The molecule has 142 valence electrons. The van der Waals surface area contributed by atoms with Crippen LogP contribution in [0.1, 0.15) is 5.56 Å². The summed E-state index contributed by atoms with van der Waals surface area (Å²) in [5.41, 5.74) is 2.51. The van der Waals surface area contributed by atoms with Gasteiger partial charge in [0.05, 0.1) is 0 Å². The van der Waals surface area contributed by atoms with Crippen LogP contribution in [-0.2, 0) is 9.15 Å². The molecule has 1 heterocycles. The van der Waals surface area contributed by atoms with Gasteiger partial charge in [-0.05, 0) is 0 Å². The van der Waals surface area contributed by atoms with E-state index in [1.165, 1.54) is 18.2 Å². The molecular weight excluding hydrogens is 470 g/mol. The molecule has 2 aromatic carbocycles. The molecule has 0 radical (unpaired) electrons. The molecule has 0 bridgehead atoms. The van der Waals surface area contributed by atoms with Crippen LogP contribution in [0.15, 0.2) is 57.7 Å². The van der Waals surface area contributed by atoms with Crippen LogP contribution >= 0.6 is 23.2 Å². The van der Waals surface area contributed by atoms with Gasteiger partial charge in [0.1, 0.15) is 0 Å². The average Bonchev–Trinajstić information content (AvgIpc) is 2.63. The number of rotatable bonds is 3. The first-order chi connectivity index (χ1) is 13.3. The van der Waals surface area contributed by atoms with Crippen molar-refractivity contribution in [1.29, 1.82) is 0 Å². The second-order valence-electron chi connectivity index (χ2n) is 6.18. The van der Waals surface area contributed by atoms with Gasteiger partial charge in [0, 0.05) is 0 Å². The standard InChI is InChI=1S/C20H12Cl2O5Se/c21-14-5-12-18(7-16(14)23)27-19-8-17(24)15(22)6-13(19)20(12)11-4-2-1-3-10(11)9-28(25)26/h1-8,23H,9H2,(H,25,26). The van der Waals surface area contributed by atoms with Crippen molar-refractivity contribution in [3.63, 3.8) is 0 Å². The van der Waals surface area contributed by atoms with E-state index in [-0.39, 0.29) is 26.9 Å². The summed E-state index contributed by atoms with van der Waals surface area (Å²) < 4.78 is 26.9. The molecule has 0 saturated heterocycles. The normalized spacial score (nSPS) is 12.5. The Labute approximate surface area is 173 Å². The molecule has 1 atom stereocenters. The van der Waals surface area contributed by atoms with E-state index in [1.807, 2.05) is 12.1 Å². The monoisotopic (exact) mass is 482 g/mol. The van der Waals surface area contributed by atoms with Crippen molar-refractivity contribution in [2.75, 3.05) is 0 Å². The molecule has 2 aliphatic rings. The predicted molar refractivity (Wildman–Crippen MR) is 109 cm³/mol. The van der Waals surface area contributed by atoms with E-state index in [4.69, 9.17) is 27.6 Å². The predicted octanol–water partition coefficient (Wildman–Crippen LogP) is 4.57. The van der Waals surface area contributed by atoms with Gasteiger partial charge in [-0.15, -0.1) is 0 Å². The Morgan fingerprint density at radius 3 is 2.50 bits per heavy atom. The number of phenolic OH excluding ortho intramolecular Hbond substituents is 1. The third kappa shape index (κ3) is 3.34. The topological polar surface area (TPSA) is 87.7 Å². The van der Waals surface area contributed by atoms with Gasteiger partial charge in [0.2, 0.25) is 0 Å². The maximum atomic E-state index is 12.0. The zero-order valence-electron chi connectivity index (χ0n) is 14.1. The molecule has 0 fully saturated rings. The molecule has 1 aliphatic carbocycles. The van der Waals surface area contributed by atoms with E-state index < -0.39 is 19.6 Å². The molecule has 8 heteroatoms. The second-order valence-corrected chi connectivity index (χ2v) is 8.95. The van der Waals surface area contributed by atoms with Gasteiger partial charge >= 0.3 is 174 Å². The quantitative estimate of drug-likeness (QED) is 0.330. The third-order valence-corrected chi connectivity index (χ3v) is 6.18. The Bertz CT molecular complexity index is 1280. The number of benzene rings is 3. The summed E-state index contributed by atoms with van der Waals surface area (Å²) in [6, 6.07) is 12.9. The molecule has 2 aromatic rings. The fraction of sp³-hybridized carbons (Fsp3) is 0.0500. The van der Waals surface area contributed by atoms with Crippen molar-refractivity contribution < 1.29 is 17.5 Å². The molecule has 4 rings (SSSR count). The van der Waals surface area contributed by atoms with Gasteiger partial charge in [-0.25, -0.2) is 0 Å². The molecule has 1 unspecified atom stereocenters. The molecular formula is C20H12Cl2O5Se. The van der Waals surface area contributed by atoms with Crippen molar-refractivity contribution >= 4 is 48.3 Å². The summed E-state index contributed by atoms with van der Waals surface area (Å²) in [4.78, 5) is 12.0. The van der Waals surface area contributed by atoms with Crippen LogP contribution in [0.25, 0.3) is 33.4 Å². The van der Waals surface area contributed by atoms with Crippen LogP contribution in [-0.4, -0.2) is 23.5 Å². The fourth-order valence-electron chi connectivity index (χ4n) is 3.21. The van der Waals surface area contributed by atoms with Crippen molar-refractivity contribution in [1.82, 2.24) is 0 Å². The number of phenols is 1. The maximum absolute atomic E-state index is 12.0. The number of aromatic hydroxyl groups is 1. The molecule has 0 amide bonds. The Hall–Kier alpha value is -2.21. The molecule has 5 nitrogen and oxygen atoms in total. The average molecular weight is 482 g/mol. The third-order valence-electron chi connectivity index (χ3n) is 4.41. The van der Waals surface area contributed by atoms with Crippen LogP contribution in [0, 0.1) is 0 Å². The van der Waals surface area contributed by atoms with Crippen molar-refractivity contribution in [3.8, 4) is 28.2 Å². The molecule has 1 aliphatic heterocycles. The van der Waals surface area contributed by atoms with E-state index in [2.05, 4.69) is 0 Å². The van der Waals surface area contributed by atoms with Gasteiger partial charge in [-0.1, -0.05) is 0 Å². The minimum atomic E-state index is -2.99. The van der Waals surface area contributed by atoms with E-state index in [9.17, 15) is 17.9 Å². The zero-order valence-corrected chi connectivity index (χ0v) is 17.3. The summed E-state index contributed by atoms with van der Waals surface area (Å²) in [6.07, 6.45) is 0. The SMILES string of the molecule is O=c1cc2oc3cc(O)c(Cl)cc3c(-c3ccccc3C[Se](=O)O)c-2cc1Cl. The first-order valence-corrected chi connectivity index (χ1v) is 11.5. The van der Waals surface area contributed by atoms with Crippen molar-refractivity contribution in [2.45, 2.75) is 5.32 Å².